The second kappa shape index (κ2) is 9.94. The van der Waals surface area contributed by atoms with Crippen LogP contribution in [0.4, 0.5) is 0 Å². The van der Waals surface area contributed by atoms with Gasteiger partial charge in [0.15, 0.2) is 0 Å². The van der Waals surface area contributed by atoms with Gasteiger partial charge in [-0.25, -0.2) is 0 Å². The number of hydrogen-bond donors (Lipinski definition) is 1. The van der Waals surface area contributed by atoms with Gasteiger partial charge in [0.2, 0.25) is 0 Å². The highest BCUT2D eigenvalue weighted by atomic mass is 16.5. The Bertz CT molecular complexity index is 378. The summed E-state index contributed by atoms with van der Waals surface area (Å²) in [7, 11) is 0. The molecule has 1 rings (SSSR count). The molecule has 4 atom stereocenters. The van der Waals surface area contributed by atoms with Gasteiger partial charge in [0.05, 0.1) is 18.4 Å². The highest BCUT2D eigenvalue weighted by Gasteiger charge is 2.37. The van der Waals surface area contributed by atoms with Crippen LogP contribution in [0.25, 0.3) is 0 Å². The zero-order chi connectivity index (χ0) is 17.4. The van der Waals surface area contributed by atoms with E-state index < -0.39 is 11.9 Å². The molecule has 1 saturated carbocycles. The van der Waals surface area contributed by atoms with Gasteiger partial charge in [0.25, 0.3) is 0 Å². The zero-order valence-corrected chi connectivity index (χ0v) is 15.2. The van der Waals surface area contributed by atoms with E-state index >= 15 is 0 Å². The van der Waals surface area contributed by atoms with Gasteiger partial charge in [-0.2, -0.15) is 0 Å². The zero-order valence-electron chi connectivity index (χ0n) is 15.2. The van der Waals surface area contributed by atoms with E-state index in [4.69, 9.17) is 4.74 Å². The minimum atomic E-state index is -0.840. The van der Waals surface area contributed by atoms with Gasteiger partial charge in [-0.15, -0.1) is 0 Å². The van der Waals surface area contributed by atoms with E-state index in [1.807, 2.05) is 13.8 Å². The van der Waals surface area contributed by atoms with Crippen LogP contribution in [0.2, 0.25) is 0 Å². The van der Waals surface area contributed by atoms with Crippen LogP contribution in [0.5, 0.6) is 0 Å². The lowest BCUT2D eigenvalue weighted by Gasteiger charge is -2.35. The second-order valence-electron chi connectivity index (χ2n) is 7.54. The predicted octanol–water partition coefficient (Wildman–Crippen LogP) is 4.66. The van der Waals surface area contributed by atoms with E-state index in [0.29, 0.717) is 11.8 Å². The molecule has 134 valence electrons. The molecule has 0 aromatic rings. The molecule has 0 aliphatic heterocycles. The molecule has 0 bridgehead atoms. The maximum Gasteiger partial charge on any atom is 0.307 e. The van der Waals surface area contributed by atoms with Crippen molar-refractivity contribution < 1.29 is 19.4 Å². The summed E-state index contributed by atoms with van der Waals surface area (Å²) in [6.07, 6.45) is 7.12. The number of carbonyl (C=O) groups excluding carboxylic acids is 1. The maximum absolute atomic E-state index is 12.1. The third-order valence-corrected chi connectivity index (χ3v) is 5.21. The van der Waals surface area contributed by atoms with Crippen molar-refractivity contribution in [1.29, 1.82) is 0 Å². The highest BCUT2D eigenvalue weighted by Crippen LogP contribution is 2.40. The van der Waals surface area contributed by atoms with Crippen LogP contribution in [-0.2, 0) is 14.3 Å². The molecule has 1 aliphatic carbocycles. The topological polar surface area (TPSA) is 63.6 Å². The normalized spacial score (nSPS) is 24.2. The van der Waals surface area contributed by atoms with E-state index in [2.05, 4.69) is 13.8 Å². The lowest BCUT2D eigenvalue weighted by molar-refractivity contribution is -0.157. The van der Waals surface area contributed by atoms with Crippen molar-refractivity contribution in [2.75, 3.05) is 0 Å². The first-order valence-corrected chi connectivity index (χ1v) is 9.27. The van der Waals surface area contributed by atoms with Crippen LogP contribution >= 0.6 is 0 Å². The van der Waals surface area contributed by atoms with Crippen molar-refractivity contribution in [3.05, 3.63) is 0 Å². The first kappa shape index (κ1) is 20.0. The molecule has 0 aromatic carbocycles. The Morgan fingerprint density at radius 3 is 2.39 bits per heavy atom. The SMILES string of the molecule is CCC(C)OC(=O)CC(C(=O)O)C1CCCCC1CCC(C)C. The monoisotopic (exact) mass is 326 g/mol. The molecule has 0 aromatic heterocycles. The molecular formula is C19H34O4. The number of carbonyl (C=O) groups is 2. The van der Waals surface area contributed by atoms with E-state index in [1.165, 1.54) is 6.42 Å². The van der Waals surface area contributed by atoms with Crippen molar-refractivity contribution in [3.63, 3.8) is 0 Å². The highest BCUT2D eigenvalue weighted by molar-refractivity contribution is 5.79. The number of carboxylic acids is 1. The molecule has 4 unspecified atom stereocenters. The van der Waals surface area contributed by atoms with Crippen molar-refractivity contribution >= 4 is 11.9 Å². The molecule has 1 N–H and O–H groups in total. The van der Waals surface area contributed by atoms with Crippen molar-refractivity contribution in [1.82, 2.24) is 0 Å². The summed E-state index contributed by atoms with van der Waals surface area (Å²) in [6, 6.07) is 0. The lowest BCUT2D eigenvalue weighted by Crippen LogP contribution is -2.34. The van der Waals surface area contributed by atoms with Crippen LogP contribution in [0.1, 0.15) is 79.1 Å². The Balaban J connectivity index is 2.72. The summed E-state index contributed by atoms with van der Waals surface area (Å²) in [5.74, 6) is -0.610. The summed E-state index contributed by atoms with van der Waals surface area (Å²) >= 11 is 0. The molecule has 0 heterocycles. The van der Waals surface area contributed by atoms with E-state index in [0.717, 1.165) is 38.5 Å². The molecule has 0 saturated heterocycles. The van der Waals surface area contributed by atoms with Crippen LogP contribution < -0.4 is 0 Å². The van der Waals surface area contributed by atoms with Crippen LogP contribution in [0.3, 0.4) is 0 Å². The first-order valence-electron chi connectivity index (χ1n) is 9.27. The largest absolute Gasteiger partial charge is 0.481 e. The second-order valence-corrected chi connectivity index (χ2v) is 7.54. The Labute approximate surface area is 141 Å². The van der Waals surface area contributed by atoms with Gasteiger partial charge in [0, 0.05) is 0 Å². The van der Waals surface area contributed by atoms with Crippen molar-refractivity contribution in [2.24, 2.45) is 23.7 Å². The lowest BCUT2D eigenvalue weighted by atomic mass is 9.69. The molecule has 4 heteroatoms. The minimum Gasteiger partial charge on any atom is -0.481 e. The molecule has 23 heavy (non-hydrogen) atoms. The van der Waals surface area contributed by atoms with Gasteiger partial charge in [0.1, 0.15) is 0 Å². The number of aliphatic carboxylic acids is 1. The standard InChI is InChI=1S/C19H34O4/c1-5-14(4)23-18(20)12-17(19(21)22)16-9-7-6-8-15(16)11-10-13(2)3/h13-17H,5-12H2,1-4H3,(H,21,22). The van der Waals surface area contributed by atoms with E-state index in [1.54, 1.807) is 0 Å². The summed E-state index contributed by atoms with van der Waals surface area (Å²) in [4.78, 5) is 23.8. The molecule has 4 nitrogen and oxygen atoms in total. The molecular weight excluding hydrogens is 292 g/mol. The van der Waals surface area contributed by atoms with Gasteiger partial charge in [-0.3, -0.25) is 9.59 Å². The summed E-state index contributed by atoms with van der Waals surface area (Å²) < 4.78 is 5.30. The van der Waals surface area contributed by atoms with Crippen LogP contribution in [0, 0.1) is 23.7 Å². The minimum absolute atomic E-state index is 0.0164. The Morgan fingerprint density at radius 1 is 1.17 bits per heavy atom. The Hall–Kier alpha value is -1.06. The first-order chi connectivity index (χ1) is 10.8. The summed E-state index contributed by atoms with van der Waals surface area (Å²) in [6.45, 7) is 8.21. The fourth-order valence-electron chi connectivity index (χ4n) is 3.63. The average molecular weight is 326 g/mol. The third kappa shape index (κ3) is 6.92. The average Bonchev–Trinajstić information content (AvgIpc) is 2.50. The van der Waals surface area contributed by atoms with Gasteiger partial charge < -0.3 is 9.84 Å². The third-order valence-electron chi connectivity index (χ3n) is 5.21. The molecule has 0 amide bonds. The van der Waals surface area contributed by atoms with Crippen LogP contribution in [0.15, 0.2) is 0 Å². The fraction of sp³-hybridized carbons (Fsp3) is 0.895. The van der Waals surface area contributed by atoms with Crippen molar-refractivity contribution in [3.8, 4) is 0 Å². The summed E-state index contributed by atoms with van der Waals surface area (Å²) in [5, 5.41) is 9.65. The molecule has 0 spiro atoms. The molecule has 0 radical (unpaired) electrons. The Morgan fingerprint density at radius 2 is 1.83 bits per heavy atom. The van der Waals surface area contributed by atoms with Crippen LogP contribution in [-0.4, -0.2) is 23.1 Å². The van der Waals surface area contributed by atoms with Crippen molar-refractivity contribution in [2.45, 2.75) is 85.2 Å². The summed E-state index contributed by atoms with van der Waals surface area (Å²) in [5.41, 5.74) is 0. The van der Waals surface area contributed by atoms with Gasteiger partial charge in [-0.1, -0.05) is 46.5 Å². The molecule has 1 fully saturated rings. The fourth-order valence-corrected chi connectivity index (χ4v) is 3.63. The number of hydrogen-bond acceptors (Lipinski definition) is 3. The quantitative estimate of drug-likeness (QED) is 0.626. The van der Waals surface area contributed by atoms with Gasteiger partial charge >= 0.3 is 11.9 Å². The Kier molecular flexibility index (Phi) is 8.64. The maximum atomic E-state index is 12.1. The molecule has 1 aliphatic rings. The van der Waals surface area contributed by atoms with Gasteiger partial charge in [-0.05, 0) is 43.9 Å². The predicted molar refractivity (Wildman–Crippen MR) is 91.1 cm³/mol. The number of ether oxygens (including phenoxy) is 1. The number of carboxylic acid groups (broad SMARTS) is 1. The number of rotatable bonds is 9. The van der Waals surface area contributed by atoms with E-state index in [9.17, 15) is 14.7 Å². The van der Waals surface area contributed by atoms with E-state index in [-0.39, 0.29) is 24.4 Å². The smallest absolute Gasteiger partial charge is 0.307 e. The number of esters is 1.